The number of carboxylic acid groups (broad SMARTS) is 1. The van der Waals surface area contributed by atoms with Crippen LogP contribution in [0.3, 0.4) is 0 Å². The molecule has 20 heavy (non-hydrogen) atoms. The van der Waals surface area contributed by atoms with Crippen LogP contribution in [0.25, 0.3) is 0 Å². The smallest absolute Gasteiger partial charge is 0.313 e. The molecule has 2 rings (SSSR count). The van der Waals surface area contributed by atoms with Crippen molar-refractivity contribution >= 4 is 45.0 Å². The molecule has 5 nitrogen and oxygen atoms in total. The van der Waals surface area contributed by atoms with Crippen LogP contribution in [0.1, 0.15) is 4.88 Å². The van der Waals surface area contributed by atoms with E-state index in [2.05, 4.69) is 20.9 Å². The fourth-order valence-corrected chi connectivity index (χ4v) is 3.74. The van der Waals surface area contributed by atoms with Gasteiger partial charge in [0.25, 0.3) is 5.56 Å². The van der Waals surface area contributed by atoms with E-state index in [4.69, 9.17) is 5.11 Å². The summed E-state index contributed by atoms with van der Waals surface area (Å²) >= 11 is 6.12. The van der Waals surface area contributed by atoms with Gasteiger partial charge in [-0.25, -0.2) is 0 Å². The summed E-state index contributed by atoms with van der Waals surface area (Å²) in [6, 6.07) is 5.41. The van der Waals surface area contributed by atoms with Crippen LogP contribution in [0.4, 0.5) is 0 Å². The maximum Gasteiger partial charge on any atom is 0.313 e. The highest BCUT2D eigenvalue weighted by Gasteiger charge is 2.07. The van der Waals surface area contributed by atoms with Crippen molar-refractivity contribution < 1.29 is 9.90 Å². The predicted molar refractivity (Wildman–Crippen MR) is 82.6 cm³/mol. The summed E-state index contributed by atoms with van der Waals surface area (Å²) in [6.07, 6.45) is 2.46. The number of aromatic nitrogens is 2. The zero-order chi connectivity index (χ0) is 14.5. The van der Waals surface area contributed by atoms with Crippen molar-refractivity contribution in [3.8, 4) is 0 Å². The molecular formula is C12H11BrN2O3S2. The monoisotopic (exact) mass is 374 g/mol. The van der Waals surface area contributed by atoms with Gasteiger partial charge < -0.3 is 9.67 Å². The Kier molecular flexibility index (Phi) is 5.38. The number of halogens is 1. The molecule has 2 heterocycles. The molecule has 0 aliphatic rings. The van der Waals surface area contributed by atoms with Gasteiger partial charge in [0.1, 0.15) is 0 Å². The Morgan fingerprint density at radius 2 is 2.25 bits per heavy atom. The number of thioether (sulfide) groups is 1. The third kappa shape index (κ3) is 4.46. The van der Waals surface area contributed by atoms with Crippen molar-refractivity contribution in [1.82, 2.24) is 9.55 Å². The first-order valence-corrected chi connectivity index (χ1v) is 8.30. The second kappa shape index (κ2) is 7.05. The Labute approximate surface area is 131 Å². The third-order valence-corrected chi connectivity index (χ3v) is 5.06. The number of carboxylic acids is 1. The minimum atomic E-state index is -0.929. The molecule has 0 unspecified atom stereocenters. The molecule has 8 heteroatoms. The lowest BCUT2D eigenvalue weighted by atomic mass is 10.3. The number of rotatable bonds is 6. The molecule has 0 fully saturated rings. The molecule has 106 valence electrons. The molecule has 1 N–H and O–H groups in total. The first-order valence-electron chi connectivity index (χ1n) is 5.71. The van der Waals surface area contributed by atoms with E-state index in [1.165, 1.54) is 10.9 Å². The molecule has 0 spiro atoms. The molecule has 0 radical (unpaired) electrons. The van der Waals surface area contributed by atoms with Crippen LogP contribution in [0.15, 0.2) is 38.1 Å². The molecule has 0 bridgehead atoms. The summed E-state index contributed by atoms with van der Waals surface area (Å²) < 4.78 is 2.88. The van der Waals surface area contributed by atoms with Gasteiger partial charge in [-0.05, 0) is 34.5 Å². The Bertz CT molecular complexity index is 669. The fraction of sp³-hybridized carbons (Fsp3) is 0.250. The lowest BCUT2D eigenvalue weighted by molar-refractivity contribution is -0.133. The van der Waals surface area contributed by atoms with Crippen molar-refractivity contribution in [2.75, 3.05) is 5.75 Å². The van der Waals surface area contributed by atoms with Crippen LogP contribution in [0.2, 0.25) is 0 Å². The standard InChI is InChI=1S/C12H11BrN2O3S2/c13-9-2-1-8(20-9)3-5-15-6-4-10(16)14-12(15)19-7-11(17)18/h1-2,4,6H,3,5,7H2,(H,17,18). The molecule has 2 aromatic heterocycles. The van der Waals surface area contributed by atoms with Crippen LogP contribution < -0.4 is 5.56 Å². The van der Waals surface area contributed by atoms with Crippen LogP contribution in [-0.4, -0.2) is 26.4 Å². The van der Waals surface area contributed by atoms with E-state index in [9.17, 15) is 9.59 Å². The number of carbonyl (C=O) groups is 1. The van der Waals surface area contributed by atoms with Gasteiger partial charge in [-0.1, -0.05) is 11.8 Å². The van der Waals surface area contributed by atoms with Crippen molar-refractivity contribution in [3.63, 3.8) is 0 Å². The molecule has 0 aromatic carbocycles. The molecule has 0 saturated heterocycles. The summed E-state index contributed by atoms with van der Waals surface area (Å²) in [6.45, 7) is 0.655. The fourth-order valence-electron chi connectivity index (χ4n) is 1.54. The Morgan fingerprint density at radius 1 is 1.45 bits per heavy atom. The summed E-state index contributed by atoms with van der Waals surface area (Å²) in [5.41, 5.74) is -0.354. The number of aliphatic carboxylic acids is 1. The topological polar surface area (TPSA) is 72.2 Å². The Morgan fingerprint density at radius 3 is 2.90 bits per heavy atom. The number of hydrogen-bond acceptors (Lipinski definition) is 5. The number of thiophene rings is 1. The third-order valence-electron chi connectivity index (χ3n) is 2.40. The molecule has 2 aromatic rings. The molecular weight excluding hydrogens is 364 g/mol. The summed E-state index contributed by atoms with van der Waals surface area (Å²) in [5.74, 6) is -1.04. The van der Waals surface area contributed by atoms with Crippen molar-refractivity contribution in [2.45, 2.75) is 18.1 Å². The van der Waals surface area contributed by atoms with Crippen LogP contribution in [0, 0.1) is 0 Å². The summed E-state index contributed by atoms with van der Waals surface area (Å²) in [4.78, 5) is 27.0. The maximum absolute atomic E-state index is 11.3. The van der Waals surface area contributed by atoms with Crippen LogP contribution in [-0.2, 0) is 17.8 Å². The van der Waals surface area contributed by atoms with Gasteiger partial charge in [-0.15, -0.1) is 11.3 Å². The van der Waals surface area contributed by atoms with E-state index < -0.39 is 5.97 Å². The van der Waals surface area contributed by atoms with Crippen molar-refractivity contribution in [3.05, 3.63) is 43.4 Å². The van der Waals surface area contributed by atoms with Crippen LogP contribution >= 0.6 is 39.0 Å². The molecule has 0 aliphatic carbocycles. The summed E-state index contributed by atoms with van der Waals surface area (Å²) in [7, 11) is 0. The highest BCUT2D eigenvalue weighted by Crippen LogP contribution is 2.23. The molecule has 0 amide bonds. The van der Waals surface area contributed by atoms with Crippen molar-refractivity contribution in [2.24, 2.45) is 0 Å². The first-order chi connectivity index (χ1) is 9.54. The van der Waals surface area contributed by atoms with Gasteiger partial charge in [0, 0.05) is 23.7 Å². The molecule has 0 atom stereocenters. The zero-order valence-corrected chi connectivity index (χ0v) is 13.5. The lowest BCUT2D eigenvalue weighted by Gasteiger charge is -2.09. The van der Waals surface area contributed by atoms with E-state index in [1.807, 2.05) is 16.7 Å². The zero-order valence-electron chi connectivity index (χ0n) is 10.3. The Balaban J connectivity index is 2.09. The van der Waals surface area contributed by atoms with Gasteiger partial charge in [-0.2, -0.15) is 4.98 Å². The van der Waals surface area contributed by atoms with Crippen molar-refractivity contribution in [1.29, 1.82) is 0 Å². The number of hydrogen-bond donors (Lipinski definition) is 1. The molecule has 0 saturated carbocycles. The first kappa shape index (κ1) is 15.3. The van der Waals surface area contributed by atoms with Gasteiger partial charge in [-0.3, -0.25) is 9.59 Å². The number of aryl methyl sites for hydroxylation is 2. The lowest BCUT2D eigenvalue weighted by Crippen LogP contribution is -2.15. The second-order valence-corrected chi connectivity index (χ2v) is 7.37. The normalized spacial score (nSPS) is 10.7. The van der Waals surface area contributed by atoms with E-state index in [-0.39, 0.29) is 11.3 Å². The summed E-state index contributed by atoms with van der Waals surface area (Å²) in [5, 5.41) is 9.15. The minimum absolute atomic E-state index is 0.110. The van der Waals surface area contributed by atoms with Gasteiger partial charge in [0.05, 0.1) is 9.54 Å². The number of nitrogens with zero attached hydrogens (tertiary/aromatic N) is 2. The van der Waals surface area contributed by atoms with Gasteiger partial charge >= 0.3 is 5.97 Å². The molecule has 0 aliphatic heterocycles. The largest absolute Gasteiger partial charge is 0.481 e. The highest BCUT2D eigenvalue weighted by molar-refractivity contribution is 9.11. The maximum atomic E-state index is 11.3. The van der Waals surface area contributed by atoms with Crippen LogP contribution in [0.5, 0.6) is 0 Å². The van der Waals surface area contributed by atoms with Gasteiger partial charge in [0.15, 0.2) is 5.16 Å². The Hall–Kier alpha value is -1.12. The average molecular weight is 375 g/mol. The van der Waals surface area contributed by atoms with E-state index in [1.54, 1.807) is 17.5 Å². The van der Waals surface area contributed by atoms with Gasteiger partial charge in [0.2, 0.25) is 0 Å². The van der Waals surface area contributed by atoms with E-state index in [0.29, 0.717) is 11.7 Å². The second-order valence-electron chi connectivity index (χ2n) is 3.88. The predicted octanol–water partition coefficient (Wildman–Crippen LogP) is 2.49. The quantitative estimate of drug-likeness (QED) is 0.621. The minimum Gasteiger partial charge on any atom is -0.481 e. The van der Waals surface area contributed by atoms with E-state index >= 15 is 0 Å². The average Bonchev–Trinajstić information content (AvgIpc) is 2.81. The highest BCUT2D eigenvalue weighted by atomic mass is 79.9. The van der Waals surface area contributed by atoms with E-state index in [0.717, 1.165) is 22.0 Å². The SMILES string of the molecule is O=C(O)CSc1nc(=O)ccn1CCc1ccc(Br)s1.